The van der Waals surface area contributed by atoms with Crippen molar-refractivity contribution in [2.45, 2.75) is 56.7 Å². The number of amides is 3. The number of carbonyl (C=O) groups excluding carboxylic acids is 2. The number of carbonyl (C=O) groups is 2. The maximum absolute atomic E-state index is 13.0. The second-order valence-electron chi connectivity index (χ2n) is 7.18. The van der Waals surface area contributed by atoms with E-state index in [9.17, 15) is 9.59 Å². The summed E-state index contributed by atoms with van der Waals surface area (Å²) in [6.07, 6.45) is 5.89. The third kappa shape index (κ3) is 3.30. The zero-order chi connectivity index (χ0) is 17.2. The van der Waals surface area contributed by atoms with Crippen LogP contribution in [0.4, 0.5) is 4.79 Å². The van der Waals surface area contributed by atoms with Crippen LogP contribution >= 0.6 is 0 Å². The maximum Gasteiger partial charge on any atom is 0.318 e. The van der Waals surface area contributed by atoms with Gasteiger partial charge in [-0.05, 0) is 31.7 Å². The summed E-state index contributed by atoms with van der Waals surface area (Å²) in [6.45, 7) is 0.818. The summed E-state index contributed by atoms with van der Waals surface area (Å²) in [5.41, 5.74) is 1.02. The molecule has 1 aromatic carbocycles. The van der Waals surface area contributed by atoms with E-state index in [0.29, 0.717) is 6.61 Å². The number of hydrogen-bond acceptors (Lipinski definition) is 3. The minimum Gasteiger partial charge on any atom is -0.493 e. The predicted octanol–water partition coefficient (Wildman–Crippen LogP) is 2.35. The van der Waals surface area contributed by atoms with Crippen LogP contribution in [0.15, 0.2) is 24.3 Å². The zero-order valence-corrected chi connectivity index (χ0v) is 14.4. The molecular formula is C19H25N3O3. The summed E-state index contributed by atoms with van der Waals surface area (Å²) in [6, 6.07) is 7.90. The first-order valence-electron chi connectivity index (χ1n) is 9.30. The Morgan fingerprint density at radius 1 is 1.16 bits per heavy atom. The van der Waals surface area contributed by atoms with Crippen molar-refractivity contribution in [1.82, 2.24) is 15.5 Å². The molecule has 0 unspecified atom stereocenters. The highest BCUT2D eigenvalue weighted by molar-refractivity contribution is 5.86. The molecule has 0 bridgehead atoms. The smallest absolute Gasteiger partial charge is 0.318 e. The molecule has 2 heterocycles. The molecule has 25 heavy (non-hydrogen) atoms. The van der Waals surface area contributed by atoms with Crippen molar-refractivity contribution in [1.29, 1.82) is 0 Å². The molecule has 1 saturated carbocycles. The molecule has 2 N–H and O–H groups in total. The summed E-state index contributed by atoms with van der Waals surface area (Å²) in [4.78, 5) is 26.8. The molecule has 3 amide bonds. The highest BCUT2D eigenvalue weighted by Gasteiger charge is 2.39. The van der Waals surface area contributed by atoms with Crippen molar-refractivity contribution in [3.05, 3.63) is 29.8 Å². The molecule has 2 aliphatic heterocycles. The molecule has 3 aliphatic rings. The summed E-state index contributed by atoms with van der Waals surface area (Å²) in [5.74, 6) is 0.792. The Bertz CT molecular complexity index is 663. The van der Waals surface area contributed by atoms with Crippen molar-refractivity contribution in [3.63, 3.8) is 0 Å². The lowest BCUT2D eigenvalue weighted by Crippen LogP contribution is -2.64. The molecule has 134 valence electrons. The molecule has 6 nitrogen and oxygen atoms in total. The van der Waals surface area contributed by atoms with E-state index in [2.05, 4.69) is 10.6 Å². The molecule has 0 aromatic heterocycles. The Balaban J connectivity index is 1.52. The van der Waals surface area contributed by atoms with Gasteiger partial charge in [0.2, 0.25) is 5.91 Å². The third-order valence-corrected chi connectivity index (χ3v) is 5.54. The Kier molecular flexibility index (Phi) is 4.51. The molecule has 3 atom stereocenters. The fourth-order valence-corrected chi connectivity index (χ4v) is 4.31. The normalized spacial score (nSPS) is 28.7. The molecule has 0 radical (unpaired) electrons. The molecule has 1 aliphatic carbocycles. The number of benzene rings is 1. The van der Waals surface area contributed by atoms with Crippen LogP contribution in [-0.4, -0.2) is 42.1 Å². The number of urea groups is 1. The quantitative estimate of drug-likeness (QED) is 0.822. The highest BCUT2D eigenvalue weighted by atomic mass is 16.5. The summed E-state index contributed by atoms with van der Waals surface area (Å²) < 4.78 is 5.78. The molecule has 4 rings (SSSR count). The van der Waals surface area contributed by atoms with E-state index >= 15 is 0 Å². The second-order valence-corrected chi connectivity index (χ2v) is 7.18. The van der Waals surface area contributed by atoms with Gasteiger partial charge in [0.25, 0.3) is 0 Å². The predicted molar refractivity (Wildman–Crippen MR) is 93.3 cm³/mol. The maximum atomic E-state index is 13.0. The van der Waals surface area contributed by atoms with Gasteiger partial charge in [-0.3, -0.25) is 4.79 Å². The Hall–Kier alpha value is -2.24. The second kappa shape index (κ2) is 6.94. The van der Waals surface area contributed by atoms with E-state index in [1.807, 2.05) is 24.3 Å². The zero-order valence-electron chi connectivity index (χ0n) is 14.4. The number of rotatable bonds is 1. The van der Waals surface area contributed by atoms with Crippen LogP contribution in [0.5, 0.6) is 5.75 Å². The van der Waals surface area contributed by atoms with Crippen LogP contribution in [0.1, 0.15) is 50.1 Å². The van der Waals surface area contributed by atoms with Crippen molar-refractivity contribution in [3.8, 4) is 5.75 Å². The van der Waals surface area contributed by atoms with Gasteiger partial charge in [0.15, 0.2) is 0 Å². The third-order valence-electron chi connectivity index (χ3n) is 5.54. The van der Waals surface area contributed by atoms with Gasteiger partial charge >= 0.3 is 6.03 Å². The lowest BCUT2D eigenvalue weighted by Gasteiger charge is -2.44. The molecule has 2 fully saturated rings. The number of fused-ring (bicyclic) bond motifs is 2. The molecule has 1 saturated heterocycles. The van der Waals surface area contributed by atoms with Gasteiger partial charge < -0.3 is 20.3 Å². The minimum atomic E-state index is -0.131. The van der Waals surface area contributed by atoms with Crippen LogP contribution in [-0.2, 0) is 4.79 Å². The van der Waals surface area contributed by atoms with E-state index in [4.69, 9.17) is 4.74 Å². The van der Waals surface area contributed by atoms with Gasteiger partial charge in [0, 0.05) is 11.6 Å². The first-order valence-corrected chi connectivity index (χ1v) is 9.30. The van der Waals surface area contributed by atoms with Crippen molar-refractivity contribution >= 4 is 11.9 Å². The SMILES string of the molecule is O=C1CN(C(=O)N[C@@H]2CCCOc3ccccc32)[C@H]2CCCC[C@H]2N1. The van der Waals surface area contributed by atoms with Crippen LogP contribution in [0.3, 0.4) is 0 Å². The summed E-state index contributed by atoms with van der Waals surface area (Å²) in [7, 11) is 0. The number of nitrogens with one attached hydrogen (secondary N) is 2. The average molecular weight is 343 g/mol. The van der Waals surface area contributed by atoms with Crippen molar-refractivity contribution < 1.29 is 14.3 Å². The standard InChI is InChI=1S/C19H25N3O3/c23-18-12-22(16-9-3-2-7-15(16)20-18)19(24)21-14-8-5-11-25-17-10-4-1-6-13(14)17/h1,4,6,10,14-16H,2-3,5,7-9,11-12H2,(H,20,23)(H,21,24)/t14-,15-,16+/m1/s1. The van der Waals surface area contributed by atoms with Crippen LogP contribution in [0, 0.1) is 0 Å². The van der Waals surface area contributed by atoms with Gasteiger partial charge in [0.05, 0.1) is 18.7 Å². The van der Waals surface area contributed by atoms with Crippen molar-refractivity contribution in [2.24, 2.45) is 0 Å². The summed E-state index contributed by atoms with van der Waals surface area (Å²) in [5, 5.41) is 6.22. The van der Waals surface area contributed by atoms with Gasteiger partial charge in [-0.25, -0.2) is 4.79 Å². The van der Waals surface area contributed by atoms with E-state index in [1.165, 1.54) is 0 Å². The van der Waals surface area contributed by atoms with Crippen LogP contribution < -0.4 is 15.4 Å². The minimum absolute atomic E-state index is 0.0529. The fourth-order valence-electron chi connectivity index (χ4n) is 4.31. The number of piperazine rings is 1. The van der Waals surface area contributed by atoms with Gasteiger partial charge in [-0.2, -0.15) is 0 Å². The van der Waals surface area contributed by atoms with E-state index in [-0.39, 0.29) is 36.6 Å². The van der Waals surface area contributed by atoms with Gasteiger partial charge in [-0.1, -0.05) is 31.0 Å². The lowest BCUT2D eigenvalue weighted by molar-refractivity contribution is -0.126. The first kappa shape index (κ1) is 16.2. The first-order chi connectivity index (χ1) is 12.2. The van der Waals surface area contributed by atoms with Crippen LogP contribution in [0.25, 0.3) is 0 Å². The Morgan fingerprint density at radius 2 is 2.00 bits per heavy atom. The summed E-state index contributed by atoms with van der Waals surface area (Å²) >= 11 is 0. The van der Waals surface area contributed by atoms with Gasteiger partial charge in [0.1, 0.15) is 12.3 Å². The van der Waals surface area contributed by atoms with Crippen LogP contribution in [0.2, 0.25) is 0 Å². The van der Waals surface area contributed by atoms with E-state index < -0.39 is 0 Å². The number of nitrogens with zero attached hydrogens (tertiary/aromatic N) is 1. The highest BCUT2D eigenvalue weighted by Crippen LogP contribution is 2.32. The monoisotopic (exact) mass is 343 g/mol. The number of para-hydroxylation sites is 1. The van der Waals surface area contributed by atoms with E-state index in [1.54, 1.807) is 4.90 Å². The van der Waals surface area contributed by atoms with Crippen molar-refractivity contribution in [2.75, 3.05) is 13.2 Å². The van der Waals surface area contributed by atoms with Gasteiger partial charge in [-0.15, -0.1) is 0 Å². The molecule has 1 aromatic rings. The molecule has 0 spiro atoms. The molecular weight excluding hydrogens is 318 g/mol. The Labute approximate surface area is 147 Å². The Morgan fingerprint density at radius 3 is 2.92 bits per heavy atom. The topological polar surface area (TPSA) is 70.7 Å². The average Bonchev–Trinajstić information content (AvgIpc) is 2.83. The fraction of sp³-hybridized carbons (Fsp3) is 0.579. The molecule has 6 heteroatoms. The van der Waals surface area contributed by atoms with E-state index in [0.717, 1.165) is 49.8 Å². The number of hydrogen-bond donors (Lipinski definition) is 2. The lowest BCUT2D eigenvalue weighted by atomic mass is 9.87. The largest absolute Gasteiger partial charge is 0.493 e. The number of ether oxygens (including phenoxy) is 1.